The van der Waals surface area contributed by atoms with Crippen molar-refractivity contribution in [2.45, 2.75) is 19.9 Å². The molecule has 5 heteroatoms. The summed E-state index contributed by atoms with van der Waals surface area (Å²) in [4.78, 5) is 25.4. The number of fused-ring (bicyclic) bond motifs is 1. The number of aryl methyl sites for hydroxylation is 1. The first kappa shape index (κ1) is 13.4. The fourth-order valence-electron chi connectivity index (χ4n) is 2.47. The summed E-state index contributed by atoms with van der Waals surface area (Å²) in [6.45, 7) is 2.36. The first-order valence-electron chi connectivity index (χ1n) is 6.76. The summed E-state index contributed by atoms with van der Waals surface area (Å²) in [5.74, 6) is 0.701. The van der Waals surface area contributed by atoms with Gasteiger partial charge in [0.15, 0.2) is 0 Å². The highest BCUT2D eigenvalue weighted by molar-refractivity contribution is 6.02. The fourth-order valence-corrected chi connectivity index (χ4v) is 2.47. The van der Waals surface area contributed by atoms with Crippen LogP contribution in [0, 0.1) is 6.92 Å². The predicted octanol–water partition coefficient (Wildman–Crippen LogP) is 2.35. The number of benzene rings is 1. The molecule has 5 nitrogen and oxygen atoms in total. The van der Waals surface area contributed by atoms with Crippen LogP contribution in [0.5, 0.6) is 0 Å². The second-order valence-electron chi connectivity index (χ2n) is 5.26. The van der Waals surface area contributed by atoms with Crippen molar-refractivity contribution in [1.82, 2.24) is 4.90 Å². The predicted molar refractivity (Wildman–Crippen MR) is 78.0 cm³/mol. The van der Waals surface area contributed by atoms with Crippen LogP contribution < -0.4 is 5.32 Å². The largest absolute Gasteiger partial charge is 0.469 e. The van der Waals surface area contributed by atoms with Crippen LogP contribution in [0.3, 0.4) is 0 Å². The third kappa shape index (κ3) is 2.54. The van der Waals surface area contributed by atoms with Crippen molar-refractivity contribution >= 4 is 17.5 Å². The molecule has 108 valence electrons. The molecule has 3 rings (SSSR count). The van der Waals surface area contributed by atoms with Crippen molar-refractivity contribution in [2.24, 2.45) is 0 Å². The van der Waals surface area contributed by atoms with Crippen LogP contribution in [-0.4, -0.2) is 23.8 Å². The molecule has 1 N–H and O–H groups in total. The average Bonchev–Trinajstić information content (AvgIpc) is 3.02. The molecule has 2 amide bonds. The maximum atomic E-state index is 12.4. The lowest BCUT2D eigenvalue weighted by atomic mass is 10.1. The van der Waals surface area contributed by atoms with E-state index in [4.69, 9.17) is 4.42 Å². The highest BCUT2D eigenvalue weighted by Gasteiger charge is 2.20. The number of amides is 2. The van der Waals surface area contributed by atoms with Crippen LogP contribution >= 0.6 is 0 Å². The molecule has 0 radical (unpaired) electrons. The van der Waals surface area contributed by atoms with Crippen LogP contribution in [-0.2, 0) is 17.8 Å². The Hall–Kier alpha value is -2.56. The highest BCUT2D eigenvalue weighted by atomic mass is 16.3. The van der Waals surface area contributed by atoms with Gasteiger partial charge in [-0.25, -0.2) is 0 Å². The van der Waals surface area contributed by atoms with E-state index in [1.54, 1.807) is 30.3 Å². The van der Waals surface area contributed by atoms with Gasteiger partial charge in [-0.2, -0.15) is 0 Å². The van der Waals surface area contributed by atoms with Crippen LogP contribution in [0.4, 0.5) is 5.69 Å². The summed E-state index contributed by atoms with van der Waals surface area (Å²) in [7, 11) is 1.75. The molecule has 1 aromatic carbocycles. The van der Waals surface area contributed by atoms with Crippen LogP contribution in [0.1, 0.15) is 27.2 Å². The number of carbonyl (C=O) groups is 2. The molecular weight excluding hydrogens is 268 g/mol. The van der Waals surface area contributed by atoms with E-state index in [0.29, 0.717) is 18.5 Å². The third-order valence-electron chi connectivity index (χ3n) is 3.70. The molecule has 0 fully saturated rings. The Bertz CT molecular complexity index is 718. The van der Waals surface area contributed by atoms with Gasteiger partial charge in [0.25, 0.3) is 5.91 Å². The van der Waals surface area contributed by atoms with Gasteiger partial charge < -0.3 is 14.6 Å². The lowest BCUT2D eigenvalue weighted by molar-refractivity contribution is -0.115. The van der Waals surface area contributed by atoms with E-state index < -0.39 is 0 Å². The molecule has 0 saturated heterocycles. The van der Waals surface area contributed by atoms with Gasteiger partial charge in [0.05, 0.1) is 12.7 Å². The zero-order chi connectivity index (χ0) is 15.0. The molecule has 2 aromatic rings. The number of hydrogen-bond acceptors (Lipinski definition) is 3. The molecule has 0 aliphatic carbocycles. The van der Waals surface area contributed by atoms with Gasteiger partial charge in [-0.15, -0.1) is 0 Å². The van der Waals surface area contributed by atoms with Crippen molar-refractivity contribution < 1.29 is 14.0 Å². The molecule has 0 unspecified atom stereocenters. The monoisotopic (exact) mass is 284 g/mol. The Kier molecular flexibility index (Phi) is 3.25. The Labute approximate surface area is 122 Å². The lowest BCUT2D eigenvalue weighted by Crippen LogP contribution is -2.26. The molecule has 0 spiro atoms. The van der Waals surface area contributed by atoms with Gasteiger partial charge in [-0.3, -0.25) is 9.59 Å². The van der Waals surface area contributed by atoms with Gasteiger partial charge in [0, 0.05) is 30.4 Å². The number of nitrogens with one attached hydrogen (secondary N) is 1. The maximum Gasteiger partial charge on any atom is 0.253 e. The minimum absolute atomic E-state index is 0.0306. The average molecular weight is 284 g/mol. The first-order chi connectivity index (χ1) is 10.0. The molecule has 1 aliphatic rings. The summed E-state index contributed by atoms with van der Waals surface area (Å²) in [5.41, 5.74) is 3.23. The smallest absolute Gasteiger partial charge is 0.253 e. The molecule has 0 bridgehead atoms. The van der Waals surface area contributed by atoms with Gasteiger partial charge in [-0.05, 0) is 30.7 Å². The van der Waals surface area contributed by atoms with E-state index in [2.05, 4.69) is 5.32 Å². The van der Waals surface area contributed by atoms with Gasteiger partial charge in [0.1, 0.15) is 5.76 Å². The Morgan fingerprint density at radius 1 is 1.38 bits per heavy atom. The minimum atomic E-state index is -0.0838. The van der Waals surface area contributed by atoms with Crippen LogP contribution in [0.25, 0.3) is 0 Å². The van der Waals surface area contributed by atoms with E-state index >= 15 is 0 Å². The minimum Gasteiger partial charge on any atom is -0.469 e. The SMILES string of the molecule is Cc1occc1CN(C)C(=O)c1ccc2c(c1)NC(=O)C2. The fraction of sp³-hybridized carbons (Fsp3) is 0.250. The summed E-state index contributed by atoms with van der Waals surface area (Å²) in [5, 5.41) is 2.76. The van der Waals surface area contributed by atoms with Crippen LogP contribution in [0.15, 0.2) is 34.9 Å². The number of furan rings is 1. The molecule has 1 aliphatic heterocycles. The quantitative estimate of drug-likeness (QED) is 0.941. The van der Waals surface area contributed by atoms with E-state index in [-0.39, 0.29) is 11.8 Å². The first-order valence-corrected chi connectivity index (χ1v) is 6.76. The Morgan fingerprint density at radius 2 is 2.19 bits per heavy atom. The molecule has 0 saturated carbocycles. The Morgan fingerprint density at radius 3 is 2.90 bits per heavy atom. The number of anilines is 1. The van der Waals surface area contributed by atoms with Crippen molar-refractivity contribution in [2.75, 3.05) is 12.4 Å². The van der Waals surface area contributed by atoms with Crippen molar-refractivity contribution in [3.8, 4) is 0 Å². The number of carbonyl (C=O) groups excluding carboxylic acids is 2. The van der Waals surface area contributed by atoms with Gasteiger partial charge in [0.2, 0.25) is 5.91 Å². The standard InChI is InChI=1S/C16H16N2O3/c1-10-13(5-6-21-10)9-18(2)16(20)12-4-3-11-8-15(19)17-14(11)7-12/h3-7H,8-9H2,1-2H3,(H,17,19). The molecular formula is C16H16N2O3. The highest BCUT2D eigenvalue weighted by Crippen LogP contribution is 2.24. The number of hydrogen-bond donors (Lipinski definition) is 1. The van der Waals surface area contributed by atoms with Gasteiger partial charge >= 0.3 is 0 Å². The normalized spacial score (nSPS) is 13.0. The maximum absolute atomic E-state index is 12.4. The molecule has 1 aromatic heterocycles. The van der Waals surface area contributed by atoms with Gasteiger partial charge in [-0.1, -0.05) is 6.07 Å². The number of rotatable bonds is 3. The Balaban J connectivity index is 1.78. The topological polar surface area (TPSA) is 62.6 Å². The summed E-state index contributed by atoms with van der Waals surface area (Å²) >= 11 is 0. The zero-order valence-corrected chi connectivity index (χ0v) is 12.0. The second kappa shape index (κ2) is 5.09. The van der Waals surface area contributed by atoms with E-state index in [0.717, 1.165) is 22.6 Å². The van der Waals surface area contributed by atoms with Crippen molar-refractivity contribution in [1.29, 1.82) is 0 Å². The molecule has 21 heavy (non-hydrogen) atoms. The zero-order valence-electron chi connectivity index (χ0n) is 12.0. The summed E-state index contributed by atoms with van der Waals surface area (Å²) in [6.07, 6.45) is 2.00. The van der Waals surface area contributed by atoms with Crippen LogP contribution in [0.2, 0.25) is 0 Å². The van der Waals surface area contributed by atoms with E-state index in [1.165, 1.54) is 0 Å². The summed E-state index contributed by atoms with van der Waals surface area (Å²) in [6, 6.07) is 7.20. The second-order valence-corrected chi connectivity index (χ2v) is 5.26. The summed E-state index contributed by atoms with van der Waals surface area (Å²) < 4.78 is 5.24. The third-order valence-corrected chi connectivity index (χ3v) is 3.70. The van der Waals surface area contributed by atoms with E-state index in [1.807, 2.05) is 19.1 Å². The molecule has 0 atom stereocenters. The molecule has 2 heterocycles. The number of nitrogens with zero attached hydrogens (tertiary/aromatic N) is 1. The lowest BCUT2D eigenvalue weighted by Gasteiger charge is -2.17. The van der Waals surface area contributed by atoms with Crippen molar-refractivity contribution in [3.05, 3.63) is 53.0 Å². The van der Waals surface area contributed by atoms with Crippen molar-refractivity contribution in [3.63, 3.8) is 0 Å². The van der Waals surface area contributed by atoms with E-state index in [9.17, 15) is 9.59 Å².